The third-order valence-corrected chi connectivity index (χ3v) is 2.52. The second-order valence-electron chi connectivity index (χ2n) is 4.89. The molecule has 1 aliphatic rings. The van der Waals surface area contributed by atoms with Crippen molar-refractivity contribution in [2.75, 3.05) is 6.54 Å². The second-order valence-corrected chi connectivity index (χ2v) is 4.89. The number of hydrogen-bond donors (Lipinski definition) is 2. The van der Waals surface area contributed by atoms with Gasteiger partial charge in [0.2, 0.25) is 5.91 Å². The monoisotopic (exact) mass is 215 g/mol. The predicted molar refractivity (Wildman–Crippen MR) is 53.2 cm³/mol. The summed E-state index contributed by atoms with van der Waals surface area (Å²) < 4.78 is 0. The van der Waals surface area contributed by atoms with Gasteiger partial charge in [-0.3, -0.25) is 4.79 Å². The summed E-state index contributed by atoms with van der Waals surface area (Å²) in [4.78, 5) is 24.0. The smallest absolute Gasteiger partial charge is 0.329 e. The van der Waals surface area contributed by atoms with Gasteiger partial charge in [0.05, 0.1) is 6.10 Å². The van der Waals surface area contributed by atoms with Crippen LogP contribution in [0.4, 0.5) is 0 Å². The molecule has 0 aliphatic carbocycles. The number of carboxylic acid groups (broad SMARTS) is 1. The number of aliphatic hydroxyl groups is 1. The van der Waals surface area contributed by atoms with Crippen molar-refractivity contribution in [3.05, 3.63) is 0 Å². The summed E-state index contributed by atoms with van der Waals surface area (Å²) in [5, 5.41) is 18.4. The molecule has 1 fully saturated rings. The normalized spacial score (nSPS) is 26.8. The maximum absolute atomic E-state index is 11.9. The van der Waals surface area contributed by atoms with E-state index in [2.05, 4.69) is 0 Å². The molecule has 0 aromatic carbocycles. The fourth-order valence-corrected chi connectivity index (χ4v) is 1.73. The van der Waals surface area contributed by atoms with E-state index in [0.29, 0.717) is 13.0 Å². The van der Waals surface area contributed by atoms with Crippen molar-refractivity contribution >= 4 is 11.9 Å². The van der Waals surface area contributed by atoms with Crippen LogP contribution in [0.2, 0.25) is 0 Å². The summed E-state index contributed by atoms with van der Waals surface area (Å²) >= 11 is 0. The van der Waals surface area contributed by atoms with Crippen molar-refractivity contribution < 1.29 is 19.8 Å². The predicted octanol–water partition coefficient (Wildman–Crippen LogP) is 0.0789. The first-order chi connectivity index (χ1) is 6.75. The average Bonchev–Trinajstić information content (AvgIpc) is 2.43. The Balaban J connectivity index is 2.87. The summed E-state index contributed by atoms with van der Waals surface area (Å²) in [5.74, 6) is -1.37. The molecule has 1 heterocycles. The van der Waals surface area contributed by atoms with Crippen LogP contribution in [-0.2, 0) is 9.59 Å². The van der Waals surface area contributed by atoms with Crippen LogP contribution in [-0.4, -0.2) is 45.7 Å². The fourth-order valence-electron chi connectivity index (χ4n) is 1.73. The standard InChI is InChI=1S/C10H17NO4/c1-10(2,3)9(15)11-5-4-6(12)7(11)8(13)14/h6-7,12H,4-5H2,1-3H3,(H,13,14)/t6-,7+/m1/s1. The van der Waals surface area contributed by atoms with Gasteiger partial charge in [-0.05, 0) is 6.42 Å². The van der Waals surface area contributed by atoms with Crippen molar-refractivity contribution in [1.82, 2.24) is 4.90 Å². The van der Waals surface area contributed by atoms with E-state index in [-0.39, 0.29) is 5.91 Å². The number of nitrogens with zero attached hydrogens (tertiary/aromatic N) is 1. The second kappa shape index (κ2) is 3.81. The molecule has 5 heteroatoms. The molecule has 86 valence electrons. The lowest BCUT2D eigenvalue weighted by Gasteiger charge is -2.29. The molecule has 0 aromatic heterocycles. The quantitative estimate of drug-likeness (QED) is 0.649. The zero-order valence-electron chi connectivity index (χ0n) is 9.23. The van der Waals surface area contributed by atoms with Gasteiger partial charge < -0.3 is 15.1 Å². The molecular weight excluding hydrogens is 198 g/mol. The number of likely N-dealkylation sites (tertiary alicyclic amines) is 1. The summed E-state index contributed by atoms with van der Waals surface area (Å²) in [5.41, 5.74) is -0.613. The highest BCUT2D eigenvalue weighted by atomic mass is 16.4. The Labute approximate surface area is 88.7 Å². The molecular formula is C10H17NO4. The summed E-state index contributed by atoms with van der Waals surface area (Å²) in [6.45, 7) is 5.52. The summed E-state index contributed by atoms with van der Waals surface area (Å²) in [7, 11) is 0. The molecule has 0 spiro atoms. The fraction of sp³-hybridized carbons (Fsp3) is 0.800. The Hall–Kier alpha value is -1.10. The number of hydrogen-bond acceptors (Lipinski definition) is 3. The van der Waals surface area contributed by atoms with Gasteiger partial charge in [0.15, 0.2) is 6.04 Å². The third kappa shape index (κ3) is 2.28. The highest BCUT2D eigenvalue weighted by Gasteiger charge is 2.43. The van der Waals surface area contributed by atoms with E-state index in [4.69, 9.17) is 5.11 Å². The number of aliphatic carboxylic acids is 1. The van der Waals surface area contributed by atoms with Crippen LogP contribution in [0.1, 0.15) is 27.2 Å². The van der Waals surface area contributed by atoms with Gasteiger partial charge in [0.1, 0.15) is 0 Å². The van der Waals surface area contributed by atoms with Crippen LogP contribution >= 0.6 is 0 Å². The Morgan fingerprint density at radius 2 is 1.87 bits per heavy atom. The molecule has 0 radical (unpaired) electrons. The van der Waals surface area contributed by atoms with E-state index < -0.39 is 23.5 Å². The molecule has 5 nitrogen and oxygen atoms in total. The number of carboxylic acids is 1. The Kier molecular flexibility index (Phi) is 3.04. The van der Waals surface area contributed by atoms with Crippen LogP contribution in [0.25, 0.3) is 0 Å². The maximum Gasteiger partial charge on any atom is 0.329 e. The van der Waals surface area contributed by atoms with E-state index in [9.17, 15) is 14.7 Å². The Bertz CT molecular complexity index is 282. The van der Waals surface area contributed by atoms with Crippen molar-refractivity contribution in [2.24, 2.45) is 5.41 Å². The van der Waals surface area contributed by atoms with Gasteiger partial charge in [0, 0.05) is 12.0 Å². The molecule has 15 heavy (non-hydrogen) atoms. The van der Waals surface area contributed by atoms with Crippen molar-refractivity contribution in [1.29, 1.82) is 0 Å². The molecule has 0 saturated carbocycles. The van der Waals surface area contributed by atoms with Crippen molar-refractivity contribution in [3.8, 4) is 0 Å². The molecule has 2 N–H and O–H groups in total. The molecule has 1 aliphatic heterocycles. The largest absolute Gasteiger partial charge is 0.480 e. The summed E-state index contributed by atoms with van der Waals surface area (Å²) in [6.07, 6.45) is -0.618. The topological polar surface area (TPSA) is 77.8 Å². The van der Waals surface area contributed by atoms with Crippen LogP contribution < -0.4 is 0 Å². The molecule has 1 amide bonds. The molecule has 0 unspecified atom stereocenters. The van der Waals surface area contributed by atoms with E-state index in [1.54, 1.807) is 20.8 Å². The van der Waals surface area contributed by atoms with Gasteiger partial charge in [-0.2, -0.15) is 0 Å². The van der Waals surface area contributed by atoms with E-state index >= 15 is 0 Å². The van der Waals surface area contributed by atoms with Gasteiger partial charge in [-0.15, -0.1) is 0 Å². The zero-order valence-corrected chi connectivity index (χ0v) is 9.23. The highest BCUT2D eigenvalue weighted by Crippen LogP contribution is 2.25. The number of amides is 1. The SMILES string of the molecule is CC(C)(C)C(=O)N1CC[C@@H](O)[C@H]1C(=O)O. The number of carbonyl (C=O) groups excluding carboxylic acids is 1. The van der Waals surface area contributed by atoms with Crippen molar-refractivity contribution in [2.45, 2.75) is 39.3 Å². The number of aliphatic hydroxyl groups excluding tert-OH is 1. The van der Waals surface area contributed by atoms with Crippen LogP contribution in [0, 0.1) is 5.41 Å². The maximum atomic E-state index is 11.9. The average molecular weight is 215 g/mol. The Morgan fingerprint density at radius 3 is 2.27 bits per heavy atom. The van der Waals surface area contributed by atoms with Crippen LogP contribution in [0.3, 0.4) is 0 Å². The van der Waals surface area contributed by atoms with Crippen molar-refractivity contribution in [3.63, 3.8) is 0 Å². The lowest BCUT2D eigenvalue weighted by Crippen LogP contribution is -2.48. The highest BCUT2D eigenvalue weighted by molar-refractivity contribution is 5.87. The third-order valence-electron chi connectivity index (χ3n) is 2.52. The number of rotatable bonds is 1. The zero-order chi connectivity index (χ0) is 11.8. The van der Waals surface area contributed by atoms with Gasteiger partial charge in [-0.1, -0.05) is 20.8 Å². The molecule has 1 saturated heterocycles. The first kappa shape index (κ1) is 12.0. The van der Waals surface area contributed by atoms with E-state index in [0.717, 1.165) is 0 Å². The first-order valence-electron chi connectivity index (χ1n) is 4.97. The van der Waals surface area contributed by atoms with E-state index in [1.807, 2.05) is 0 Å². The minimum absolute atomic E-state index is 0.230. The first-order valence-corrected chi connectivity index (χ1v) is 4.97. The van der Waals surface area contributed by atoms with Gasteiger partial charge in [-0.25, -0.2) is 4.79 Å². The molecule has 0 aromatic rings. The van der Waals surface area contributed by atoms with Crippen LogP contribution in [0.15, 0.2) is 0 Å². The minimum Gasteiger partial charge on any atom is -0.480 e. The Morgan fingerprint density at radius 1 is 1.33 bits per heavy atom. The molecule has 1 rings (SSSR count). The van der Waals surface area contributed by atoms with E-state index in [1.165, 1.54) is 4.90 Å². The molecule has 0 bridgehead atoms. The van der Waals surface area contributed by atoms with Gasteiger partial charge >= 0.3 is 5.97 Å². The number of carbonyl (C=O) groups is 2. The minimum atomic E-state index is -1.14. The lowest BCUT2D eigenvalue weighted by atomic mass is 9.94. The lowest BCUT2D eigenvalue weighted by molar-refractivity contribution is -0.154. The molecule has 2 atom stereocenters. The van der Waals surface area contributed by atoms with Gasteiger partial charge in [0.25, 0.3) is 0 Å². The summed E-state index contributed by atoms with van der Waals surface area (Å²) in [6, 6.07) is -1.09. The van der Waals surface area contributed by atoms with Crippen LogP contribution in [0.5, 0.6) is 0 Å².